The molecule has 0 aromatic carbocycles. The van der Waals surface area contributed by atoms with Gasteiger partial charge in [-0.1, -0.05) is 6.92 Å². The molecule has 3 heteroatoms. The minimum absolute atomic E-state index is 0.607. The number of hydrogen-bond donors (Lipinski definition) is 1. The quantitative estimate of drug-likeness (QED) is 0.870. The maximum atomic E-state index is 4.33. The lowest BCUT2D eigenvalue weighted by Crippen LogP contribution is -2.26. The summed E-state index contributed by atoms with van der Waals surface area (Å²) in [5.74, 6) is 0. The van der Waals surface area contributed by atoms with Crippen LogP contribution in [0.5, 0.6) is 0 Å². The molecule has 2 rings (SSSR count). The van der Waals surface area contributed by atoms with E-state index >= 15 is 0 Å². The van der Waals surface area contributed by atoms with Crippen molar-refractivity contribution in [3.05, 3.63) is 24.0 Å². The molecule has 1 N–H and O–H groups in total. The van der Waals surface area contributed by atoms with Crippen molar-refractivity contribution in [3.8, 4) is 0 Å². The van der Waals surface area contributed by atoms with Gasteiger partial charge in [0.1, 0.15) is 0 Å². The van der Waals surface area contributed by atoms with E-state index in [0.717, 1.165) is 11.4 Å². The van der Waals surface area contributed by atoms with Gasteiger partial charge in [0.15, 0.2) is 0 Å². The molecule has 2 heterocycles. The summed E-state index contributed by atoms with van der Waals surface area (Å²) in [7, 11) is 0. The van der Waals surface area contributed by atoms with Crippen molar-refractivity contribution in [2.75, 3.05) is 25.0 Å². The summed E-state index contributed by atoms with van der Waals surface area (Å²) in [6, 6.07) is 4.80. The molecule has 1 saturated heterocycles. The first kappa shape index (κ1) is 12.4. The Kier molecular flexibility index (Phi) is 4.37. The zero-order chi connectivity index (χ0) is 12.1. The van der Waals surface area contributed by atoms with Crippen LogP contribution in [0.4, 0.5) is 5.69 Å². The first-order chi connectivity index (χ1) is 8.28. The molecular formula is C14H23N3. The van der Waals surface area contributed by atoms with E-state index in [1.54, 1.807) is 0 Å². The summed E-state index contributed by atoms with van der Waals surface area (Å²) in [6.45, 7) is 7.92. The van der Waals surface area contributed by atoms with E-state index in [1.807, 2.05) is 13.1 Å². The average molecular weight is 233 g/mol. The van der Waals surface area contributed by atoms with Crippen molar-refractivity contribution in [1.82, 2.24) is 9.88 Å². The highest BCUT2D eigenvalue weighted by Gasteiger charge is 2.15. The monoisotopic (exact) mass is 233 g/mol. The molecule has 1 aliphatic rings. The largest absolute Gasteiger partial charge is 0.381 e. The molecule has 1 atom stereocenters. The lowest BCUT2D eigenvalue weighted by Gasteiger charge is -2.19. The van der Waals surface area contributed by atoms with Crippen LogP contribution in [-0.4, -0.2) is 35.6 Å². The van der Waals surface area contributed by atoms with E-state index in [1.165, 1.54) is 38.9 Å². The Morgan fingerprint density at radius 3 is 2.94 bits per heavy atom. The highest BCUT2D eigenvalue weighted by atomic mass is 15.1. The summed E-state index contributed by atoms with van der Waals surface area (Å²) in [5, 5.41) is 3.60. The van der Waals surface area contributed by atoms with Crippen LogP contribution in [0.15, 0.2) is 18.3 Å². The van der Waals surface area contributed by atoms with E-state index in [-0.39, 0.29) is 0 Å². The highest BCUT2D eigenvalue weighted by Crippen LogP contribution is 2.16. The number of aromatic nitrogens is 1. The van der Waals surface area contributed by atoms with Gasteiger partial charge in [-0.25, -0.2) is 0 Å². The highest BCUT2D eigenvalue weighted by molar-refractivity contribution is 5.41. The first-order valence-corrected chi connectivity index (χ1v) is 6.69. The number of likely N-dealkylation sites (tertiary alicyclic amines) is 1. The van der Waals surface area contributed by atoms with Crippen LogP contribution in [0.25, 0.3) is 0 Å². The topological polar surface area (TPSA) is 28.2 Å². The number of pyridine rings is 1. The Labute approximate surface area is 104 Å². The van der Waals surface area contributed by atoms with Gasteiger partial charge in [-0.3, -0.25) is 4.98 Å². The lowest BCUT2D eigenvalue weighted by atomic mass is 10.1. The standard InChI is InChI=1S/C14H23N3/c1-3-17-9-4-5-13(8-10-17)16-14-7-6-12(2)15-11-14/h6-7,11,13,16H,3-5,8-10H2,1-2H3. The molecule has 1 aromatic heterocycles. The van der Waals surface area contributed by atoms with Crippen LogP contribution >= 0.6 is 0 Å². The maximum absolute atomic E-state index is 4.33. The zero-order valence-corrected chi connectivity index (χ0v) is 10.9. The molecule has 1 aromatic rings. The molecule has 1 fully saturated rings. The minimum atomic E-state index is 0.607. The van der Waals surface area contributed by atoms with Gasteiger partial charge in [0, 0.05) is 18.3 Å². The Hall–Kier alpha value is -1.09. The molecule has 1 aliphatic heterocycles. The predicted octanol–water partition coefficient (Wildman–Crippen LogP) is 2.68. The third-order valence-corrected chi connectivity index (χ3v) is 3.55. The van der Waals surface area contributed by atoms with Crippen molar-refractivity contribution in [2.45, 2.75) is 39.2 Å². The van der Waals surface area contributed by atoms with Gasteiger partial charge in [0.25, 0.3) is 0 Å². The Balaban J connectivity index is 1.88. The molecule has 0 spiro atoms. The van der Waals surface area contributed by atoms with Crippen LogP contribution in [-0.2, 0) is 0 Å². The van der Waals surface area contributed by atoms with Gasteiger partial charge in [0.05, 0.1) is 11.9 Å². The molecule has 0 aliphatic carbocycles. The van der Waals surface area contributed by atoms with Crippen LogP contribution in [0.1, 0.15) is 31.9 Å². The number of nitrogens with zero attached hydrogens (tertiary/aromatic N) is 2. The normalized spacial score (nSPS) is 22.1. The summed E-state index contributed by atoms with van der Waals surface area (Å²) < 4.78 is 0. The first-order valence-electron chi connectivity index (χ1n) is 6.69. The third-order valence-electron chi connectivity index (χ3n) is 3.55. The Bertz CT molecular complexity index is 334. The molecule has 0 bridgehead atoms. The van der Waals surface area contributed by atoms with Gasteiger partial charge in [0.2, 0.25) is 0 Å². The smallest absolute Gasteiger partial charge is 0.0529 e. The lowest BCUT2D eigenvalue weighted by molar-refractivity contribution is 0.300. The number of hydrogen-bond acceptors (Lipinski definition) is 3. The SMILES string of the molecule is CCN1CCCC(Nc2ccc(C)nc2)CC1. The molecule has 0 radical (unpaired) electrons. The Morgan fingerprint density at radius 2 is 2.24 bits per heavy atom. The van der Waals surface area contributed by atoms with E-state index in [4.69, 9.17) is 0 Å². The Morgan fingerprint density at radius 1 is 1.35 bits per heavy atom. The van der Waals surface area contributed by atoms with Crippen LogP contribution in [0, 0.1) is 6.92 Å². The molecule has 94 valence electrons. The summed E-state index contributed by atoms with van der Waals surface area (Å²) in [4.78, 5) is 6.86. The third kappa shape index (κ3) is 3.70. The summed E-state index contributed by atoms with van der Waals surface area (Å²) >= 11 is 0. The zero-order valence-electron chi connectivity index (χ0n) is 10.9. The fourth-order valence-corrected chi connectivity index (χ4v) is 2.41. The van der Waals surface area contributed by atoms with Crippen molar-refractivity contribution in [3.63, 3.8) is 0 Å². The molecule has 1 unspecified atom stereocenters. The molecular weight excluding hydrogens is 210 g/mol. The van der Waals surface area contributed by atoms with Crippen molar-refractivity contribution in [1.29, 1.82) is 0 Å². The van der Waals surface area contributed by atoms with Crippen molar-refractivity contribution in [2.24, 2.45) is 0 Å². The second-order valence-corrected chi connectivity index (χ2v) is 4.89. The van der Waals surface area contributed by atoms with Gasteiger partial charge in [-0.05, 0) is 51.4 Å². The maximum Gasteiger partial charge on any atom is 0.0529 e. The second kappa shape index (κ2) is 6.01. The fourth-order valence-electron chi connectivity index (χ4n) is 2.41. The van der Waals surface area contributed by atoms with Crippen LogP contribution in [0.3, 0.4) is 0 Å². The number of rotatable bonds is 3. The fraction of sp³-hybridized carbons (Fsp3) is 0.643. The molecule has 0 amide bonds. The summed E-state index contributed by atoms with van der Waals surface area (Å²) in [6.07, 6.45) is 5.74. The second-order valence-electron chi connectivity index (χ2n) is 4.89. The van der Waals surface area contributed by atoms with Gasteiger partial charge in [-0.15, -0.1) is 0 Å². The predicted molar refractivity (Wildman–Crippen MR) is 72.3 cm³/mol. The summed E-state index contributed by atoms with van der Waals surface area (Å²) in [5.41, 5.74) is 2.24. The van der Waals surface area contributed by atoms with Crippen LogP contribution in [0.2, 0.25) is 0 Å². The van der Waals surface area contributed by atoms with Gasteiger partial charge < -0.3 is 10.2 Å². The van der Waals surface area contributed by atoms with Gasteiger partial charge >= 0.3 is 0 Å². The molecule has 3 nitrogen and oxygen atoms in total. The van der Waals surface area contributed by atoms with Crippen molar-refractivity contribution < 1.29 is 0 Å². The number of nitrogens with one attached hydrogen (secondary N) is 1. The minimum Gasteiger partial charge on any atom is -0.381 e. The number of aryl methyl sites for hydroxylation is 1. The van der Waals surface area contributed by atoms with E-state index < -0.39 is 0 Å². The van der Waals surface area contributed by atoms with Crippen LogP contribution < -0.4 is 5.32 Å². The molecule has 0 saturated carbocycles. The van der Waals surface area contributed by atoms with E-state index in [2.05, 4.69) is 34.3 Å². The average Bonchev–Trinajstić information content (AvgIpc) is 2.57. The van der Waals surface area contributed by atoms with E-state index in [0.29, 0.717) is 6.04 Å². The number of anilines is 1. The van der Waals surface area contributed by atoms with Crippen molar-refractivity contribution >= 4 is 5.69 Å². The van der Waals surface area contributed by atoms with E-state index in [9.17, 15) is 0 Å². The van der Waals surface area contributed by atoms with Gasteiger partial charge in [-0.2, -0.15) is 0 Å². The molecule has 17 heavy (non-hydrogen) atoms.